The van der Waals surface area contributed by atoms with Crippen LogP contribution in [0, 0.1) is 0 Å². The van der Waals surface area contributed by atoms with Gasteiger partial charge in [0.1, 0.15) is 5.82 Å². The van der Waals surface area contributed by atoms with E-state index in [1.165, 1.54) is 11.3 Å². The Morgan fingerprint density at radius 1 is 1.35 bits per heavy atom. The van der Waals surface area contributed by atoms with Crippen LogP contribution in [0.5, 0.6) is 0 Å². The van der Waals surface area contributed by atoms with Gasteiger partial charge in [-0.3, -0.25) is 4.79 Å². The number of aryl methyl sites for hydroxylation is 1. The highest BCUT2D eigenvalue weighted by Crippen LogP contribution is 2.42. The van der Waals surface area contributed by atoms with Crippen LogP contribution in [-0.4, -0.2) is 21.5 Å². The molecule has 1 amide bonds. The highest BCUT2D eigenvalue weighted by atomic mass is 32.1. The quantitative estimate of drug-likeness (QED) is 0.939. The van der Waals surface area contributed by atoms with Crippen molar-refractivity contribution in [2.45, 2.75) is 62.9 Å². The average Bonchev–Trinajstić information content (AvgIpc) is 3.27. The lowest BCUT2D eigenvalue weighted by Crippen LogP contribution is -2.51. The first-order chi connectivity index (χ1) is 11.3. The van der Waals surface area contributed by atoms with Gasteiger partial charge in [-0.05, 0) is 30.7 Å². The van der Waals surface area contributed by atoms with Crippen molar-refractivity contribution in [3.63, 3.8) is 0 Å². The maximum absolute atomic E-state index is 13.2. The van der Waals surface area contributed by atoms with Gasteiger partial charge >= 0.3 is 0 Å². The van der Waals surface area contributed by atoms with Gasteiger partial charge in [-0.15, -0.1) is 11.3 Å². The summed E-state index contributed by atoms with van der Waals surface area (Å²) in [7, 11) is 0. The van der Waals surface area contributed by atoms with Crippen molar-refractivity contribution in [1.82, 2.24) is 14.9 Å². The topological polar surface area (TPSA) is 46.9 Å². The predicted octanol–water partition coefficient (Wildman–Crippen LogP) is 3.28. The molecule has 2 aromatic rings. The van der Waals surface area contributed by atoms with Crippen LogP contribution in [0.2, 0.25) is 0 Å². The zero-order valence-electron chi connectivity index (χ0n) is 13.3. The second-order valence-electron chi connectivity index (χ2n) is 6.82. The van der Waals surface area contributed by atoms with Gasteiger partial charge in [0.25, 0.3) is 0 Å². The minimum Gasteiger partial charge on any atom is -0.351 e. The van der Waals surface area contributed by atoms with Crippen LogP contribution in [-0.2, 0) is 23.2 Å². The summed E-state index contributed by atoms with van der Waals surface area (Å²) in [5.41, 5.74) is -0.290. The molecule has 3 heterocycles. The van der Waals surface area contributed by atoms with E-state index < -0.39 is 0 Å². The van der Waals surface area contributed by atoms with Crippen molar-refractivity contribution in [3.05, 3.63) is 40.6 Å². The molecule has 4 nitrogen and oxygen atoms in total. The second kappa shape index (κ2) is 6.11. The number of imidazole rings is 1. The summed E-state index contributed by atoms with van der Waals surface area (Å²) in [6.45, 7) is 0.849. The first-order valence-electron chi connectivity index (χ1n) is 8.63. The molecule has 0 saturated heterocycles. The smallest absolute Gasteiger partial charge is 0.231 e. The van der Waals surface area contributed by atoms with Crippen molar-refractivity contribution in [2.75, 3.05) is 0 Å². The number of fused-ring (bicyclic) bond motifs is 1. The van der Waals surface area contributed by atoms with Crippen molar-refractivity contribution < 1.29 is 4.79 Å². The molecule has 0 bridgehead atoms. The maximum Gasteiger partial charge on any atom is 0.231 e. The van der Waals surface area contributed by atoms with Crippen molar-refractivity contribution >= 4 is 17.2 Å². The zero-order valence-corrected chi connectivity index (χ0v) is 14.1. The van der Waals surface area contributed by atoms with E-state index in [0.717, 1.165) is 50.9 Å². The Morgan fingerprint density at radius 2 is 2.22 bits per heavy atom. The van der Waals surface area contributed by atoms with E-state index in [-0.39, 0.29) is 17.4 Å². The Balaban J connectivity index is 1.52. The first kappa shape index (κ1) is 14.9. The number of hydrogen-bond donors (Lipinski definition) is 1. The number of nitrogens with one attached hydrogen (secondary N) is 1. The normalized spacial score (nSPS) is 23.2. The Morgan fingerprint density at radius 3 is 3.00 bits per heavy atom. The van der Waals surface area contributed by atoms with Gasteiger partial charge in [0.05, 0.1) is 5.41 Å². The van der Waals surface area contributed by atoms with Crippen LogP contribution in [0.1, 0.15) is 49.2 Å². The van der Waals surface area contributed by atoms with Crippen LogP contribution in [0.25, 0.3) is 0 Å². The lowest BCUT2D eigenvalue weighted by Gasteiger charge is -2.37. The minimum atomic E-state index is -0.290. The molecule has 2 aromatic heterocycles. The summed E-state index contributed by atoms with van der Waals surface area (Å²) in [5.74, 6) is 1.38. The molecule has 1 saturated carbocycles. The van der Waals surface area contributed by atoms with Gasteiger partial charge in [-0.2, -0.15) is 0 Å². The van der Waals surface area contributed by atoms with Crippen LogP contribution in [0.3, 0.4) is 0 Å². The lowest BCUT2D eigenvalue weighted by molar-refractivity contribution is -0.128. The Bertz CT molecular complexity index is 670. The maximum atomic E-state index is 13.2. The number of hydrogen-bond acceptors (Lipinski definition) is 3. The molecule has 0 radical (unpaired) electrons. The summed E-state index contributed by atoms with van der Waals surface area (Å²) >= 11 is 1.73. The lowest BCUT2D eigenvalue weighted by atomic mass is 9.72. The van der Waals surface area contributed by atoms with Gasteiger partial charge < -0.3 is 9.88 Å². The first-order valence-corrected chi connectivity index (χ1v) is 9.51. The predicted molar refractivity (Wildman–Crippen MR) is 91.6 cm³/mol. The molecular weight excluding hydrogens is 306 g/mol. The summed E-state index contributed by atoms with van der Waals surface area (Å²) in [6, 6.07) is 4.44. The fourth-order valence-electron chi connectivity index (χ4n) is 4.10. The molecule has 0 unspecified atom stereocenters. The van der Waals surface area contributed by atoms with Crippen molar-refractivity contribution in [1.29, 1.82) is 0 Å². The van der Waals surface area contributed by atoms with Crippen LogP contribution >= 0.6 is 11.3 Å². The fourth-order valence-corrected chi connectivity index (χ4v) is 5.08. The molecule has 23 heavy (non-hydrogen) atoms. The summed E-state index contributed by atoms with van der Waals surface area (Å²) in [4.78, 5) is 18.8. The molecule has 1 aliphatic carbocycles. The summed E-state index contributed by atoms with van der Waals surface area (Å²) in [5, 5.41) is 5.46. The number of aromatic nitrogens is 2. The third-order valence-corrected chi connectivity index (χ3v) is 6.48. The van der Waals surface area contributed by atoms with E-state index in [9.17, 15) is 4.79 Å². The summed E-state index contributed by atoms with van der Waals surface area (Å²) < 4.78 is 2.17. The van der Waals surface area contributed by atoms with Crippen molar-refractivity contribution in [3.8, 4) is 0 Å². The van der Waals surface area contributed by atoms with Crippen LogP contribution < -0.4 is 5.32 Å². The SMILES string of the molecule is O=C(N[C@H]1CCc2nccn2C1)C1(c2cccs2)CCCCC1. The monoisotopic (exact) mass is 329 g/mol. The Labute approximate surface area is 140 Å². The molecule has 1 fully saturated rings. The van der Waals surface area contributed by atoms with Gasteiger partial charge in [-0.1, -0.05) is 25.3 Å². The van der Waals surface area contributed by atoms with E-state index in [4.69, 9.17) is 0 Å². The molecule has 2 aliphatic rings. The summed E-state index contributed by atoms with van der Waals surface area (Å²) in [6.07, 6.45) is 11.3. The van der Waals surface area contributed by atoms with E-state index in [1.54, 1.807) is 11.3 Å². The van der Waals surface area contributed by atoms with E-state index in [2.05, 4.69) is 32.4 Å². The molecular formula is C18H23N3OS. The molecule has 1 N–H and O–H groups in total. The van der Waals surface area contributed by atoms with Gasteiger partial charge in [0.15, 0.2) is 0 Å². The van der Waals surface area contributed by atoms with E-state index in [0.29, 0.717) is 0 Å². The third kappa shape index (κ3) is 2.71. The number of thiophene rings is 1. The molecule has 1 aliphatic heterocycles. The third-order valence-electron chi connectivity index (χ3n) is 5.41. The number of carbonyl (C=O) groups excluding carboxylic acids is 1. The molecule has 5 heteroatoms. The standard InChI is InChI=1S/C18H23N3OS/c22-17(20-14-6-7-16-19-10-11-21(16)13-14)18(8-2-1-3-9-18)15-5-4-12-23-15/h4-5,10-12,14H,1-3,6-9,13H2,(H,20,22)/t14-/m0/s1. The molecule has 0 spiro atoms. The van der Waals surface area contributed by atoms with Gasteiger partial charge in [-0.25, -0.2) is 4.98 Å². The molecule has 4 rings (SSSR count). The van der Waals surface area contributed by atoms with Gasteiger partial charge in [0.2, 0.25) is 5.91 Å². The highest BCUT2D eigenvalue weighted by Gasteiger charge is 2.42. The number of nitrogens with zero attached hydrogens (tertiary/aromatic N) is 2. The Kier molecular flexibility index (Phi) is 3.97. The molecule has 122 valence electrons. The van der Waals surface area contributed by atoms with E-state index in [1.807, 2.05) is 12.4 Å². The zero-order chi connectivity index (χ0) is 15.7. The molecule has 1 atom stereocenters. The highest BCUT2D eigenvalue weighted by molar-refractivity contribution is 7.10. The van der Waals surface area contributed by atoms with Crippen LogP contribution in [0.15, 0.2) is 29.9 Å². The second-order valence-corrected chi connectivity index (χ2v) is 7.77. The Hall–Kier alpha value is -1.62. The largest absolute Gasteiger partial charge is 0.351 e. The van der Waals surface area contributed by atoms with Gasteiger partial charge in [0, 0.05) is 36.3 Å². The average molecular weight is 329 g/mol. The van der Waals surface area contributed by atoms with E-state index >= 15 is 0 Å². The number of rotatable bonds is 3. The number of amides is 1. The minimum absolute atomic E-state index is 0.225. The van der Waals surface area contributed by atoms with Crippen molar-refractivity contribution in [2.24, 2.45) is 0 Å². The van der Waals surface area contributed by atoms with Crippen LogP contribution in [0.4, 0.5) is 0 Å². The molecule has 0 aromatic carbocycles. The fraction of sp³-hybridized carbons (Fsp3) is 0.556. The number of carbonyl (C=O) groups is 1.